The van der Waals surface area contributed by atoms with E-state index in [0.717, 1.165) is 38.9 Å². The first-order valence-electron chi connectivity index (χ1n) is 19.2. The summed E-state index contributed by atoms with van der Waals surface area (Å²) in [6.07, 6.45) is 0. The van der Waals surface area contributed by atoms with E-state index < -0.39 is 5.41 Å². The highest BCUT2D eigenvalue weighted by Gasteiger charge is 2.52. The molecule has 10 radical (unpaired) electrons. The van der Waals surface area contributed by atoms with Crippen molar-refractivity contribution in [2.45, 2.75) is 5.41 Å². The van der Waals surface area contributed by atoms with Crippen LogP contribution in [0.1, 0.15) is 22.3 Å². The van der Waals surface area contributed by atoms with Crippen molar-refractivity contribution in [2.75, 3.05) is 0 Å². The number of nitrogens with zero attached hydrogens (tertiary/aromatic N) is 3. The van der Waals surface area contributed by atoms with Crippen molar-refractivity contribution in [3.63, 3.8) is 0 Å². The lowest BCUT2D eigenvalue weighted by Crippen LogP contribution is -2.55. The van der Waals surface area contributed by atoms with Crippen LogP contribution in [0.5, 0.6) is 0 Å². The Morgan fingerprint density at radius 1 is 0.328 bits per heavy atom. The van der Waals surface area contributed by atoms with E-state index in [1.807, 2.05) is 30.3 Å². The SMILES string of the molecule is [B]c1c([B])c([B])c(-c2nc(-c3cccc(-c4ccccc4)c3)nc(-c3cccc4c3-c3ccccc3C43c4ccccc4-c4c3ccc3ccccc43)n2)c([B])c1[B]. The van der Waals surface area contributed by atoms with Gasteiger partial charge < -0.3 is 0 Å². The third-order valence-electron chi connectivity index (χ3n) is 12.0. The van der Waals surface area contributed by atoms with Crippen molar-refractivity contribution in [2.24, 2.45) is 0 Å². The average Bonchev–Trinajstić information content (AvgIpc) is 3.76. The highest BCUT2D eigenvalue weighted by atomic mass is 15.0. The Labute approximate surface area is 343 Å². The van der Waals surface area contributed by atoms with Gasteiger partial charge in [-0.1, -0.05) is 163 Å². The van der Waals surface area contributed by atoms with Crippen LogP contribution in [-0.2, 0) is 5.41 Å². The lowest BCUT2D eigenvalue weighted by atomic mass is 9.60. The molecular formula is C50H26B5N3. The number of hydrogen-bond donors (Lipinski definition) is 0. The summed E-state index contributed by atoms with van der Waals surface area (Å²) in [5.74, 6) is 1.12. The van der Waals surface area contributed by atoms with E-state index in [0.29, 0.717) is 17.2 Å². The van der Waals surface area contributed by atoms with Gasteiger partial charge in [-0.2, -0.15) is 0 Å². The minimum absolute atomic E-state index is 0.122. The zero-order valence-electron chi connectivity index (χ0n) is 31.2. The molecule has 256 valence electrons. The zero-order chi connectivity index (χ0) is 39.3. The molecule has 3 nitrogen and oxygen atoms in total. The molecule has 0 bridgehead atoms. The van der Waals surface area contributed by atoms with Crippen molar-refractivity contribution in [3.05, 3.63) is 180 Å². The van der Waals surface area contributed by atoms with Gasteiger partial charge in [-0.05, 0) is 72.5 Å². The summed E-state index contributed by atoms with van der Waals surface area (Å²) in [4.78, 5) is 15.5. The molecule has 58 heavy (non-hydrogen) atoms. The second-order valence-corrected chi connectivity index (χ2v) is 15.0. The van der Waals surface area contributed by atoms with Gasteiger partial charge in [0.1, 0.15) is 39.2 Å². The van der Waals surface area contributed by atoms with Crippen molar-refractivity contribution < 1.29 is 0 Å². The molecule has 0 saturated carbocycles. The van der Waals surface area contributed by atoms with Crippen LogP contribution in [0, 0.1) is 0 Å². The molecule has 1 aromatic heterocycles. The first kappa shape index (κ1) is 34.6. The summed E-state index contributed by atoms with van der Waals surface area (Å²) in [6.45, 7) is 0. The molecular weight excluding hydrogens is 697 g/mol. The molecule has 11 rings (SSSR count). The van der Waals surface area contributed by atoms with E-state index >= 15 is 0 Å². The summed E-state index contributed by atoms with van der Waals surface area (Å²) in [5.41, 5.74) is 13.6. The highest BCUT2D eigenvalue weighted by Crippen LogP contribution is 2.64. The van der Waals surface area contributed by atoms with E-state index in [1.165, 1.54) is 38.6 Å². The van der Waals surface area contributed by atoms with E-state index in [2.05, 4.69) is 127 Å². The molecule has 8 heteroatoms. The van der Waals surface area contributed by atoms with Crippen LogP contribution in [0.4, 0.5) is 0 Å². The van der Waals surface area contributed by atoms with Crippen LogP contribution in [0.25, 0.3) is 78.3 Å². The predicted octanol–water partition coefficient (Wildman–Crippen LogP) is 6.01. The smallest absolute Gasteiger partial charge is 0.164 e. The van der Waals surface area contributed by atoms with Gasteiger partial charge >= 0.3 is 0 Å². The van der Waals surface area contributed by atoms with Crippen LogP contribution in [0.15, 0.2) is 158 Å². The summed E-state index contributed by atoms with van der Waals surface area (Å²) in [6, 6.07) is 55.5. The van der Waals surface area contributed by atoms with Gasteiger partial charge in [0.05, 0.1) is 5.41 Å². The van der Waals surface area contributed by atoms with Crippen LogP contribution < -0.4 is 27.3 Å². The Morgan fingerprint density at radius 2 is 0.845 bits per heavy atom. The maximum atomic E-state index is 6.68. The monoisotopic (exact) mass is 723 g/mol. The van der Waals surface area contributed by atoms with Crippen molar-refractivity contribution >= 4 is 77.3 Å². The molecule has 0 saturated heterocycles. The Bertz CT molecular complexity index is 3170. The molecule has 0 amide bonds. The molecule has 0 aliphatic heterocycles. The quantitative estimate of drug-likeness (QED) is 0.209. The lowest BCUT2D eigenvalue weighted by molar-refractivity contribution is 0.794. The fraction of sp³-hybridized carbons (Fsp3) is 0.0200. The molecule has 9 aromatic rings. The van der Waals surface area contributed by atoms with Crippen LogP contribution in [0.3, 0.4) is 0 Å². The standard InChI is InChI=1S/C50H26B5N3/c51-42-41(43(52)45(54)46(55)44(42)53)49-57-47(30-16-10-15-29(26-30)27-12-2-1-3-13-27)56-48(58-49)34-20-11-23-37-40(34)33-19-7-9-22-36(33)50(37)35-21-8-6-18-32(35)39-31-17-5-4-14-28(31)24-25-38(39)50/h1-26H. The Hall–Kier alpha value is -6.65. The van der Waals surface area contributed by atoms with E-state index in [1.54, 1.807) is 0 Å². The minimum Gasteiger partial charge on any atom is -0.208 e. The maximum absolute atomic E-state index is 6.68. The third-order valence-corrected chi connectivity index (χ3v) is 12.0. The van der Waals surface area contributed by atoms with Crippen molar-refractivity contribution in [3.8, 4) is 67.5 Å². The molecule has 1 spiro atoms. The van der Waals surface area contributed by atoms with E-state index in [-0.39, 0.29) is 33.1 Å². The van der Waals surface area contributed by atoms with Crippen molar-refractivity contribution in [1.29, 1.82) is 0 Å². The van der Waals surface area contributed by atoms with Crippen LogP contribution >= 0.6 is 0 Å². The Balaban J connectivity index is 1.21. The first-order valence-corrected chi connectivity index (χ1v) is 19.2. The number of benzene rings is 8. The van der Waals surface area contributed by atoms with E-state index in [9.17, 15) is 0 Å². The minimum atomic E-state index is -0.588. The fourth-order valence-corrected chi connectivity index (χ4v) is 9.44. The average molecular weight is 723 g/mol. The largest absolute Gasteiger partial charge is 0.208 e. The highest BCUT2D eigenvalue weighted by molar-refractivity contribution is 6.68. The predicted molar refractivity (Wildman–Crippen MR) is 242 cm³/mol. The lowest BCUT2D eigenvalue weighted by Gasteiger charge is -2.30. The Kier molecular flexibility index (Phi) is 7.72. The fourth-order valence-electron chi connectivity index (χ4n) is 9.44. The van der Waals surface area contributed by atoms with Crippen molar-refractivity contribution in [1.82, 2.24) is 15.0 Å². The van der Waals surface area contributed by atoms with Gasteiger partial charge in [-0.15, -0.1) is 16.4 Å². The van der Waals surface area contributed by atoms with Gasteiger partial charge in [0.2, 0.25) is 0 Å². The number of rotatable bonds is 4. The third kappa shape index (κ3) is 4.78. The Morgan fingerprint density at radius 3 is 1.60 bits per heavy atom. The van der Waals surface area contributed by atoms with Gasteiger partial charge in [0, 0.05) is 16.7 Å². The summed E-state index contributed by atoms with van der Waals surface area (Å²) in [7, 11) is 32.5. The molecule has 2 aliphatic rings. The molecule has 1 atom stereocenters. The normalized spacial score (nSPS) is 14.6. The first-order chi connectivity index (χ1) is 28.4. The summed E-state index contributed by atoms with van der Waals surface area (Å²) in [5, 5.41) is 2.44. The van der Waals surface area contributed by atoms with Gasteiger partial charge in [-0.3, -0.25) is 0 Å². The number of hydrogen-bond acceptors (Lipinski definition) is 3. The number of fused-ring (bicyclic) bond motifs is 12. The topological polar surface area (TPSA) is 38.7 Å². The van der Waals surface area contributed by atoms with Gasteiger partial charge in [0.25, 0.3) is 0 Å². The molecule has 2 aliphatic carbocycles. The maximum Gasteiger partial charge on any atom is 0.164 e. The number of aromatic nitrogens is 3. The van der Waals surface area contributed by atoms with Gasteiger partial charge in [0.15, 0.2) is 17.5 Å². The molecule has 1 unspecified atom stereocenters. The second-order valence-electron chi connectivity index (χ2n) is 15.0. The van der Waals surface area contributed by atoms with Gasteiger partial charge in [-0.25, -0.2) is 15.0 Å². The summed E-state index contributed by atoms with van der Waals surface area (Å²) >= 11 is 0. The van der Waals surface area contributed by atoms with E-state index in [4.69, 9.17) is 54.2 Å². The summed E-state index contributed by atoms with van der Waals surface area (Å²) < 4.78 is 0. The molecule has 1 heterocycles. The molecule has 0 fully saturated rings. The molecule has 0 N–H and O–H groups in total. The zero-order valence-corrected chi connectivity index (χ0v) is 31.2. The van der Waals surface area contributed by atoms with Crippen LogP contribution in [-0.4, -0.2) is 54.2 Å². The second kappa shape index (κ2) is 12.9. The molecule has 8 aromatic carbocycles. The van der Waals surface area contributed by atoms with Crippen LogP contribution in [0.2, 0.25) is 0 Å².